The van der Waals surface area contributed by atoms with E-state index < -0.39 is 41.5 Å². The maximum atomic E-state index is 13.4. The van der Waals surface area contributed by atoms with Crippen molar-refractivity contribution in [2.75, 3.05) is 5.73 Å². The molecule has 0 radical (unpaired) electrons. The third-order valence-corrected chi connectivity index (χ3v) is 3.91. The minimum atomic E-state index is -2.69. The molecule has 0 unspecified atom stereocenters. The number of nitrogen functional groups attached to an aromatic ring is 1. The van der Waals surface area contributed by atoms with Crippen LogP contribution in [0.3, 0.4) is 0 Å². The maximum absolute atomic E-state index is 13.4. The summed E-state index contributed by atoms with van der Waals surface area (Å²) < 4.78 is 46.2. The average molecular weight is 291 g/mol. The molecule has 2 rings (SSSR count). The van der Waals surface area contributed by atoms with Crippen molar-refractivity contribution in [3.8, 4) is 0 Å². The fourth-order valence-electron chi connectivity index (χ4n) is 2.61. The van der Waals surface area contributed by atoms with Gasteiger partial charge in [-0.1, -0.05) is 13.8 Å². The van der Waals surface area contributed by atoms with Crippen LogP contribution in [0.15, 0.2) is 11.0 Å². The molecule has 1 aliphatic rings. The Bertz CT molecular complexity index is 563. The number of halogens is 3. The summed E-state index contributed by atoms with van der Waals surface area (Å²) in [6.45, 7) is 3.22. The number of ether oxygens (including phenoxy) is 1. The SMILES string of the molecule is CC[C@@]1(C(F)F)O[C@@H](n2cc(F)c(N)nc2=O)C[C@@H]1C. The highest BCUT2D eigenvalue weighted by molar-refractivity contribution is 5.26. The Kier molecular flexibility index (Phi) is 3.77. The van der Waals surface area contributed by atoms with Gasteiger partial charge in [0.05, 0.1) is 6.20 Å². The zero-order valence-corrected chi connectivity index (χ0v) is 11.1. The van der Waals surface area contributed by atoms with Crippen molar-refractivity contribution >= 4 is 5.82 Å². The van der Waals surface area contributed by atoms with E-state index in [9.17, 15) is 18.0 Å². The van der Waals surface area contributed by atoms with E-state index in [4.69, 9.17) is 10.5 Å². The summed E-state index contributed by atoms with van der Waals surface area (Å²) in [5.74, 6) is -1.87. The second-order valence-electron chi connectivity index (χ2n) is 4.98. The summed E-state index contributed by atoms with van der Waals surface area (Å²) in [5.41, 5.74) is 2.74. The van der Waals surface area contributed by atoms with Crippen LogP contribution in [-0.4, -0.2) is 21.6 Å². The van der Waals surface area contributed by atoms with Crippen LogP contribution in [-0.2, 0) is 4.74 Å². The number of alkyl halides is 2. The number of nitrogens with zero attached hydrogens (tertiary/aromatic N) is 2. The van der Waals surface area contributed by atoms with Gasteiger partial charge in [-0.15, -0.1) is 0 Å². The molecule has 2 heterocycles. The van der Waals surface area contributed by atoms with Crippen molar-refractivity contribution in [1.82, 2.24) is 9.55 Å². The Labute approximate surface area is 113 Å². The van der Waals surface area contributed by atoms with Gasteiger partial charge in [0, 0.05) is 0 Å². The van der Waals surface area contributed by atoms with Gasteiger partial charge >= 0.3 is 5.69 Å². The van der Waals surface area contributed by atoms with Gasteiger partial charge in [-0.25, -0.2) is 18.0 Å². The molecule has 2 N–H and O–H groups in total. The Hall–Kier alpha value is -1.57. The predicted octanol–water partition coefficient (Wildman–Crippen LogP) is 1.93. The Morgan fingerprint density at radius 2 is 2.30 bits per heavy atom. The lowest BCUT2D eigenvalue weighted by Crippen LogP contribution is -2.42. The molecule has 8 heteroatoms. The molecule has 3 atom stereocenters. The first kappa shape index (κ1) is 14.8. The van der Waals surface area contributed by atoms with Crippen LogP contribution in [0.4, 0.5) is 19.0 Å². The monoisotopic (exact) mass is 291 g/mol. The summed E-state index contributed by atoms with van der Waals surface area (Å²) in [6.07, 6.45) is -2.52. The molecule has 0 aliphatic carbocycles. The maximum Gasteiger partial charge on any atom is 0.351 e. The molecular formula is C12H16F3N3O2. The highest BCUT2D eigenvalue weighted by Crippen LogP contribution is 2.46. The van der Waals surface area contributed by atoms with E-state index >= 15 is 0 Å². The molecule has 112 valence electrons. The molecule has 20 heavy (non-hydrogen) atoms. The van der Waals surface area contributed by atoms with Gasteiger partial charge in [-0.2, -0.15) is 4.98 Å². The van der Waals surface area contributed by atoms with E-state index in [2.05, 4.69) is 4.98 Å². The van der Waals surface area contributed by atoms with Crippen LogP contribution in [0, 0.1) is 11.7 Å². The van der Waals surface area contributed by atoms with E-state index in [0.717, 1.165) is 10.8 Å². The lowest BCUT2D eigenvalue weighted by molar-refractivity contribution is -0.164. The highest BCUT2D eigenvalue weighted by atomic mass is 19.3. The fourth-order valence-corrected chi connectivity index (χ4v) is 2.61. The summed E-state index contributed by atoms with van der Waals surface area (Å²) in [6, 6.07) is 0. The number of aromatic nitrogens is 2. The lowest BCUT2D eigenvalue weighted by atomic mass is 9.87. The molecule has 1 saturated heterocycles. The molecule has 1 aromatic heterocycles. The van der Waals surface area contributed by atoms with Gasteiger partial charge in [0.15, 0.2) is 11.6 Å². The number of rotatable bonds is 3. The minimum Gasteiger partial charge on any atom is -0.381 e. The van der Waals surface area contributed by atoms with Crippen LogP contribution in [0.25, 0.3) is 0 Å². The zero-order valence-electron chi connectivity index (χ0n) is 11.1. The topological polar surface area (TPSA) is 70.1 Å². The van der Waals surface area contributed by atoms with E-state index in [0.29, 0.717) is 0 Å². The molecular weight excluding hydrogens is 275 g/mol. The molecule has 0 aromatic carbocycles. The summed E-state index contributed by atoms with van der Waals surface area (Å²) in [5, 5.41) is 0. The summed E-state index contributed by atoms with van der Waals surface area (Å²) in [4.78, 5) is 15.0. The van der Waals surface area contributed by atoms with Crippen molar-refractivity contribution < 1.29 is 17.9 Å². The van der Waals surface area contributed by atoms with Gasteiger partial charge in [-0.3, -0.25) is 4.57 Å². The van der Waals surface area contributed by atoms with E-state index in [1.54, 1.807) is 13.8 Å². The lowest BCUT2D eigenvalue weighted by Gasteiger charge is -2.31. The molecule has 1 fully saturated rings. The van der Waals surface area contributed by atoms with Crippen LogP contribution in [0.2, 0.25) is 0 Å². The smallest absolute Gasteiger partial charge is 0.351 e. The minimum absolute atomic E-state index is 0.0992. The molecule has 5 nitrogen and oxygen atoms in total. The molecule has 0 saturated carbocycles. The molecule has 0 spiro atoms. The first-order valence-electron chi connectivity index (χ1n) is 6.32. The van der Waals surface area contributed by atoms with Crippen molar-refractivity contribution in [1.29, 1.82) is 0 Å². The van der Waals surface area contributed by atoms with Crippen molar-refractivity contribution in [3.63, 3.8) is 0 Å². The quantitative estimate of drug-likeness (QED) is 0.924. The van der Waals surface area contributed by atoms with E-state index in [1.165, 1.54) is 0 Å². The van der Waals surface area contributed by atoms with Crippen LogP contribution >= 0.6 is 0 Å². The summed E-state index contributed by atoms with van der Waals surface area (Å²) in [7, 11) is 0. The van der Waals surface area contributed by atoms with Crippen molar-refractivity contribution in [2.45, 2.75) is 44.9 Å². The second kappa shape index (κ2) is 5.08. The first-order valence-corrected chi connectivity index (χ1v) is 6.32. The number of hydrogen-bond donors (Lipinski definition) is 1. The molecule has 0 bridgehead atoms. The standard InChI is InChI=1S/C12H16F3N3O2/c1-3-12(10(14)15)6(2)4-8(20-12)18-5-7(13)9(16)17-11(18)19/h5-6,8,10H,3-4H2,1-2H3,(H2,16,17,19)/t6-,8+,12+/m0/s1. The van der Waals surface area contributed by atoms with E-state index in [1.807, 2.05) is 0 Å². The molecule has 0 amide bonds. The van der Waals surface area contributed by atoms with Gasteiger partial charge in [0.25, 0.3) is 6.43 Å². The fraction of sp³-hybridized carbons (Fsp3) is 0.667. The molecule has 1 aromatic rings. The largest absolute Gasteiger partial charge is 0.381 e. The normalized spacial score (nSPS) is 30.1. The number of hydrogen-bond acceptors (Lipinski definition) is 4. The van der Waals surface area contributed by atoms with Crippen LogP contribution in [0.1, 0.15) is 32.9 Å². The number of nitrogens with two attached hydrogens (primary N) is 1. The molecule has 1 aliphatic heterocycles. The Morgan fingerprint density at radius 3 is 2.80 bits per heavy atom. The average Bonchev–Trinajstić information content (AvgIpc) is 2.72. The zero-order chi connectivity index (χ0) is 15.1. The first-order chi connectivity index (χ1) is 9.31. The van der Waals surface area contributed by atoms with Crippen molar-refractivity contribution in [2.24, 2.45) is 5.92 Å². The van der Waals surface area contributed by atoms with E-state index in [-0.39, 0.29) is 12.8 Å². The highest BCUT2D eigenvalue weighted by Gasteiger charge is 2.52. The van der Waals surface area contributed by atoms with Gasteiger partial charge < -0.3 is 10.5 Å². The third kappa shape index (κ3) is 2.17. The van der Waals surface area contributed by atoms with Gasteiger partial charge in [0.2, 0.25) is 0 Å². The van der Waals surface area contributed by atoms with Crippen LogP contribution in [0.5, 0.6) is 0 Å². The number of anilines is 1. The van der Waals surface area contributed by atoms with Gasteiger partial charge in [0.1, 0.15) is 11.8 Å². The third-order valence-electron chi connectivity index (χ3n) is 3.91. The Balaban J connectivity index is 2.38. The predicted molar refractivity (Wildman–Crippen MR) is 65.8 cm³/mol. The second-order valence-corrected chi connectivity index (χ2v) is 4.98. The van der Waals surface area contributed by atoms with Crippen molar-refractivity contribution in [3.05, 3.63) is 22.5 Å². The summed E-state index contributed by atoms with van der Waals surface area (Å²) >= 11 is 0. The van der Waals surface area contributed by atoms with Gasteiger partial charge in [-0.05, 0) is 18.8 Å². The van der Waals surface area contributed by atoms with Crippen LogP contribution < -0.4 is 11.4 Å². The Morgan fingerprint density at radius 1 is 1.65 bits per heavy atom.